The summed E-state index contributed by atoms with van der Waals surface area (Å²) in [6, 6.07) is 0. The first-order chi connectivity index (χ1) is 16.9. The number of rotatable bonds is 5. The monoisotopic (exact) mass is 494 g/mol. The number of nitrogens with zero attached hydrogens (tertiary/aromatic N) is 5. The molecule has 0 aromatic carbocycles. The van der Waals surface area contributed by atoms with E-state index >= 15 is 0 Å². The van der Waals surface area contributed by atoms with Crippen LogP contribution in [-0.4, -0.2) is 59.7 Å². The lowest BCUT2D eigenvalue weighted by Crippen LogP contribution is -2.41. The highest BCUT2D eigenvalue weighted by Crippen LogP contribution is 2.47. The van der Waals surface area contributed by atoms with Crippen molar-refractivity contribution in [1.82, 2.24) is 15.0 Å². The van der Waals surface area contributed by atoms with Gasteiger partial charge in [-0.05, 0) is 61.5 Å². The number of carbonyl (C=O) groups is 1. The number of anilines is 2. The van der Waals surface area contributed by atoms with Gasteiger partial charge in [-0.25, -0.2) is 15.0 Å². The van der Waals surface area contributed by atoms with Gasteiger partial charge in [-0.3, -0.25) is 9.69 Å². The molecule has 2 saturated heterocycles. The Morgan fingerprint density at radius 2 is 2.09 bits per heavy atom. The average Bonchev–Trinajstić information content (AvgIpc) is 3.61. The molecule has 3 aromatic heterocycles. The lowest BCUT2D eigenvalue weighted by Gasteiger charge is -2.34. The molecule has 1 unspecified atom stereocenters. The number of thiophene rings is 1. The van der Waals surface area contributed by atoms with E-state index in [1.807, 2.05) is 0 Å². The largest absolute Gasteiger partial charge is 0.376 e. The van der Waals surface area contributed by atoms with Gasteiger partial charge in [0.25, 0.3) is 0 Å². The predicted molar refractivity (Wildman–Crippen MR) is 140 cm³/mol. The zero-order chi connectivity index (χ0) is 24.2. The molecule has 2 aliphatic heterocycles. The predicted octanol–water partition coefficient (Wildman–Crippen LogP) is 3.83. The number of pyridine rings is 1. The van der Waals surface area contributed by atoms with Crippen LogP contribution in [-0.2, 0) is 22.4 Å². The van der Waals surface area contributed by atoms with E-state index in [4.69, 9.17) is 20.4 Å². The van der Waals surface area contributed by atoms with Crippen molar-refractivity contribution in [2.75, 3.05) is 42.6 Å². The molecule has 1 atom stereocenters. The zero-order valence-electron chi connectivity index (χ0n) is 20.7. The maximum absolute atomic E-state index is 13.0. The summed E-state index contributed by atoms with van der Waals surface area (Å²) in [5.41, 5.74) is 9.75. The Bertz CT molecular complexity index is 1280. The molecule has 5 heterocycles. The van der Waals surface area contributed by atoms with Gasteiger partial charge in [0.1, 0.15) is 17.0 Å². The van der Waals surface area contributed by atoms with E-state index in [2.05, 4.69) is 23.7 Å². The molecule has 1 amide bonds. The Kier molecular flexibility index (Phi) is 5.89. The van der Waals surface area contributed by atoms with E-state index in [1.54, 1.807) is 22.6 Å². The second kappa shape index (κ2) is 8.94. The standard InChI is InChI=1S/C26H34N6O2S/c1-26(2)8-7-17-18(12-26)20-21-22(35-25(20)30-23(17)31-9-3-4-10-31)24(29-15-28-21)32(19(33)13-27)14-16-6-5-11-34-16/h15-16H,3-14,27H2,1-2H3. The fourth-order valence-corrected chi connectivity index (χ4v) is 7.12. The van der Waals surface area contributed by atoms with Crippen molar-refractivity contribution in [3.63, 3.8) is 0 Å². The quantitative estimate of drug-likeness (QED) is 0.576. The fourth-order valence-electron chi connectivity index (χ4n) is 5.97. The van der Waals surface area contributed by atoms with Crippen LogP contribution in [0.2, 0.25) is 0 Å². The fraction of sp³-hybridized carbons (Fsp3) is 0.615. The van der Waals surface area contributed by atoms with Crippen LogP contribution in [0.5, 0.6) is 0 Å². The van der Waals surface area contributed by atoms with Crippen LogP contribution >= 0.6 is 11.3 Å². The maximum atomic E-state index is 13.0. The van der Waals surface area contributed by atoms with Gasteiger partial charge < -0.3 is 15.4 Å². The molecule has 0 saturated carbocycles. The third-order valence-electron chi connectivity index (χ3n) is 7.83. The highest BCUT2D eigenvalue weighted by atomic mass is 32.1. The van der Waals surface area contributed by atoms with Crippen LogP contribution in [0, 0.1) is 5.41 Å². The Labute approximate surface area is 209 Å². The number of hydrogen-bond acceptors (Lipinski definition) is 8. The van der Waals surface area contributed by atoms with Crippen molar-refractivity contribution >= 4 is 49.3 Å². The van der Waals surface area contributed by atoms with E-state index in [9.17, 15) is 4.79 Å². The van der Waals surface area contributed by atoms with E-state index < -0.39 is 0 Å². The molecule has 0 spiro atoms. The number of aromatic nitrogens is 3. The van der Waals surface area contributed by atoms with Crippen molar-refractivity contribution in [3.05, 3.63) is 17.5 Å². The number of fused-ring (bicyclic) bond motifs is 5. The molecule has 8 nitrogen and oxygen atoms in total. The first-order valence-corrected chi connectivity index (χ1v) is 13.7. The van der Waals surface area contributed by atoms with Crippen LogP contribution in [0.25, 0.3) is 20.4 Å². The summed E-state index contributed by atoms with van der Waals surface area (Å²) in [7, 11) is 0. The maximum Gasteiger partial charge on any atom is 0.242 e. The number of hydrogen-bond donors (Lipinski definition) is 1. The topological polar surface area (TPSA) is 97.5 Å². The van der Waals surface area contributed by atoms with Gasteiger partial charge in [-0.1, -0.05) is 13.8 Å². The summed E-state index contributed by atoms with van der Waals surface area (Å²) >= 11 is 1.61. The Balaban J connectivity index is 1.55. The average molecular weight is 495 g/mol. The van der Waals surface area contributed by atoms with Crippen molar-refractivity contribution < 1.29 is 9.53 Å². The summed E-state index contributed by atoms with van der Waals surface area (Å²) in [5, 5.41) is 1.15. The van der Waals surface area contributed by atoms with Gasteiger partial charge in [0, 0.05) is 25.1 Å². The zero-order valence-corrected chi connectivity index (χ0v) is 21.5. The molecule has 1 aliphatic carbocycles. The minimum absolute atomic E-state index is 0.0124. The number of amides is 1. The molecule has 35 heavy (non-hydrogen) atoms. The molecule has 2 fully saturated rings. The first-order valence-electron chi connectivity index (χ1n) is 12.9. The third-order valence-corrected chi connectivity index (χ3v) is 8.90. The van der Waals surface area contributed by atoms with Gasteiger partial charge in [0.2, 0.25) is 5.91 Å². The van der Waals surface area contributed by atoms with Gasteiger partial charge in [0.05, 0.1) is 29.4 Å². The van der Waals surface area contributed by atoms with Crippen LogP contribution in [0.15, 0.2) is 6.33 Å². The van der Waals surface area contributed by atoms with Crippen LogP contribution in [0.3, 0.4) is 0 Å². The number of ether oxygens (including phenoxy) is 1. The Morgan fingerprint density at radius 3 is 2.83 bits per heavy atom. The molecule has 3 aliphatic rings. The van der Waals surface area contributed by atoms with Crippen molar-refractivity contribution in [2.45, 2.75) is 64.9 Å². The van der Waals surface area contributed by atoms with Gasteiger partial charge in [-0.2, -0.15) is 0 Å². The van der Waals surface area contributed by atoms with E-state index in [1.165, 1.54) is 24.0 Å². The lowest BCUT2D eigenvalue weighted by molar-refractivity contribution is -0.117. The smallest absolute Gasteiger partial charge is 0.242 e. The van der Waals surface area contributed by atoms with E-state index in [-0.39, 0.29) is 24.0 Å². The summed E-state index contributed by atoms with van der Waals surface area (Å²) < 4.78 is 6.76. The molecule has 0 radical (unpaired) electrons. The second-order valence-corrected chi connectivity index (χ2v) is 11.9. The lowest BCUT2D eigenvalue weighted by atomic mass is 9.73. The molecule has 0 bridgehead atoms. The minimum atomic E-state index is -0.146. The Hall–Kier alpha value is -2.36. The molecular weight excluding hydrogens is 460 g/mol. The summed E-state index contributed by atoms with van der Waals surface area (Å²) in [5.74, 6) is 1.65. The number of nitrogens with two attached hydrogens (primary N) is 1. The summed E-state index contributed by atoms with van der Waals surface area (Å²) in [6.45, 7) is 8.00. The van der Waals surface area contributed by atoms with E-state index in [0.29, 0.717) is 12.4 Å². The van der Waals surface area contributed by atoms with Gasteiger partial charge >= 0.3 is 0 Å². The SMILES string of the molecule is CC1(C)CCc2c(N3CCCC3)nc3sc4c(N(CC5CCCO5)C(=O)CN)ncnc4c3c2C1. The van der Waals surface area contributed by atoms with Crippen molar-refractivity contribution in [2.24, 2.45) is 11.1 Å². The number of carbonyl (C=O) groups excluding carboxylic acids is 1. The van der Waals surface area contributed by atoms with Crippen molar-refractivity contribution in [3.8, 4) is 0 Å². The minimum Gasteiger partial charge on any atom is -0.376 e. The molecule has 2 N–H and O–H groups in total. The molecule has 186 valence electrons. The van der Waals surface area contributed by atoms with Gasteiger partial charge in [-0.15, -0.1) is 11.3 Å². The van der Waals surface area contributed by atoms with Crippen LogP contribution in [0.1, 0.15) is 57.1 Å². The van der Waals surface area contributed by atoms with E-state index in [0.717, 1.165) is 78.1 Å². The highest BCUT2D eigenvalue weighted by molar-refractivity contribution is 7.26. The van der Waals surface area contributed by atoms with Crippen LogP contribution in [0.4, 0.5) is 11.6 Å². The summed E-state index contributed by atoms with van der Waals surface area (Å²) in [6.07, 6.45) is 9.22. The first kappa shape index (κ1) is 23.1. The van der Waals surface area contributed by atoms with Gasteiger partial charge in [0.15, 0.2) is 5.82 Å². The molecular formula is C26H34N6O2S. The highest BCUT2D eigenvalue weighted by Gasteiger charge is 2.34. The normalized spacial score (nSPS) is 21.7. The molecule has 6 rings (SSSR count). The van der Waals surface area contributed by atoms with Crippen molar-refractivity contribution in [1.29, 1.82) is 0 Å². The third kappa shape index (κ3) is 4.07. The van der Waals surface area contributed by atoms with Crippen LogP contribution < -0.4 is 15.5 Å². The molecule has 3 aromatic rings. The Morgan fingerprint density at radius 1 is 1.26 bits per heavy atom. The second-order valence-electron chi connectivity index (χ2n) is 10.9. The summed E-state index contributed by atoms with van der Waals surface area (Å²) in [4.78, 5) is 32.8. The molecule has 9 heteroatoms.